The van der Waals surface area contributed by atoms with E-state index >= 15 is 0 Å². The zero-order valence-electron chi connectivity index (χ0n) is 14.5. The molecule has 2 aromatic rings. The van der Waals surface area contributed by atoms with Gasteiger partial charge in [0.2, 0.25) is 5.91 Å². The third kappa shape index (κ3) is 3.31. The Morgan fingerprint density at radius 3 is 2.84 bits per heavy atom. The number of morpholine rings is 1. The molecule has 1 aliphatic heterocycles. The number of amides is 1. The molecular formula is C19H24N4O2. The maximum atomic E-state index is 13.3. The first-order chi connectivity index (χ1) is 12.3. The van der Waals surface area contributed by atoms with Crippen LogP contribution in [0.4, 0.5) is 0 Å². The molecule has 0 unspecified atom stereocenters. The molecular weight excluding hydrogens is 316 g/mol. The van der Waals surface area contributed by atoms with Gasteiger partial charge in [-0.25, -0.2) is 0 Å². The first-order valence-corrected chi connectivity index (χ1v) is 9.11. The van der Waals surface area contributed by atoms with Crippen molar-refractivity contribution in [3.8, 4) is 0 Å². The van der Waals surface area contributed by atoms with Crippen LogP contribution in [0, 0.1) is 5.92 Å². The largest absolute Gasteiger partial charge is 0.366 e. The smallest absolute Gasteiger partial charge is 0.230 e. The van der Waals surface area contributed by atoms with E-state index in [2.05, 4.69) is 29.3 Å². The van der Waals surface area contributed by atoms with Crippen LogP contribution in [0.3, 0.4) is 0 Å². The average Bonchev–Trinajstić information content (AvgIpc) is 3.37. The fourth-order valence-corrected chi connectivity index (χ4v) is 3.67. The Bertz CT molecular complexity index is 726. The van der Waals surface area contributed by atoms with E-state index in [1.165, 1.54) is 0 Å². The standard InChI is InChI=1S/C19H24N4O2/c1-2-22-13-20-21-18(22)16-12-23(10-11-25-16)19(24)17(15-8-9-15)14-6-4-3-5-7-14/h3-7,13,15-17H,2,8-12H2,1H3/t16-,17+/m1/s1. The molecule has 6 heteroatoms. The molecule has 2 heterocycles. The molecule has 0 N–H and O–H groups in total. The van der Waals surface area contributed by atoms with Crippen LogP contribution in [0.5, 0.6) is 0 Å². The Balaban J connectivity index is 1.53. The highest BCUT2D eigenvalue weighted by molar-refractivity contribution is 5.84. The monoisotopic (exact) mass is 340 g/mol. The van der Waals surface area contributed by atoms with Crippen molar-refractivity contribution in [2.75, 3.05) is 19.7 Å². The maximum Gasteiger partial charge on any atom is 0.230 e. The van der Waals surface area contributed by atoms with Crippen LogP contribution in [0.15, 0.2) is 36.7 Å². The van der Waals surface area contributed by atoms with Gasteiger partial charge in [0.25, 0.3) is 0 Å². The fourth-order valence-electron chi connectivity index (χ4n) is 3.67. The first kappa shape index (κ1) is 16.3. The highest BCUT2D eigenvalue weighted by Crippen LogP contribution is 2.44. The Morgan fingerprint density at radius 1 is 1.32 bits per heavy atom. The quantitative estimate of drug-likeness (QED) is 0.838. The number of carbonyl (C=O) groups excluding carboxylic acids is 1. The van der Waals surface area contributed by atoms with Crippen molar-refractivity contribution in [3.63, 3.8) is 0 Å². The van der Waals surface area contributed by atoms with Crippen molar-refractivity contribution in [1.29, 1.82) is 0 Å². The van der Waals surface area contributed by atoms with Crippen molar-refractivity contribution in [1.82, 2.24) is 19.7 Å². The normalized spacial score (nSPS) is 22.0. The van der Waals surface area contributed by atoms with E-state index in [1.807, 2.05) is 27.7 Å². The second-order valence-corrected chi connectivity index (χ2v) is 6.84. The number of ether oxygens (including phenoxy) is 1. The topological polar surface area (TPSA) is 60.2 Å². The van der Waals surface area contributed by atoms with Crippen LogP contribution in [0.1, 0.15) is 43.2 Å². The SMILES string of the molecule is CCn1cnnc1[C@H]1CN(C(=O)[C@@H](c2ccccc2)C2CC2)CCO1. The molecule has 1 saturated heterocycles. The molecule has 1 amide bonds. The van der Waals surface area contributed by atoms with Gasteiger partial charge in [-0.05, 0) is 31.2 Å². The van der Waals surface area contributed by atoms with E-state index in [0.717, 1.165) is 30.8 Å². The summed E-state index contributed by atoms with van der Waals surface area (Å²) in [4.78, 5) is 15.2. The molecule has 2 fully saturated rings. The zero-order chi connectivity index (χ0) is 17.2. The lowest BCUT2D eigenvalue weighted by molar-refractivity contribution is -0.141. The fraction of sp³-hybridized carbons (Fsp3) is 0.526. The van der Waals surface area contributed by atoms with Gasteiger partial charge in [-0.15, -0.1) is 10.2 Å². The van der Waals surface area contributed by atoms with Crippen molar-refractivity contribution >= 4 is 5.91 Å². The van der Waals surface area contributed by atoms with Crippen molar-refractivity contribution < 1.29 is 9.53 Å². The first-order valence-electron chi connectivity index (χ1n) is 9.11. The lowest BCUT2D eigenvalue weighted by atomic mass is 9.92. The van der Waals surface area contributed by atoms with Gasteiger partial charge in [0.15, 0.2) is 5.82 Å². The number of rotatable bonds is 5. The van der Waals surface area contributed by atoms with Crippen LogP contribution >= 0.6 is 0 Å². The van der Waals surface area contributed by atoms with Crippen LogP contribution < -0.4 is 0 Å². The number of hydrogen-bond acceptors (Lipinski definition) is 4. The van der Waals surface area contributed by atoms with Gasteiger partial charge in [-0.3, -0.25) is 4.79 Å². The second kappa shape index (κ2) is 6.96. The van der Waals surface area contributed by atoms with Crippen LogP contribution in [-0.4, -0.2) is 45.3 Å². The molecule has 132 valence electrons. The van der Waals surface area contributed by atoms with Gasteiger partial charge in [0.05, 0.1) is 19.1 Å². The minimum Gasteiger partial charge on any atom is -0.366 e. The van der Waals surface area contributed by atoms with Crippen LogP contribution in [-0.2, 0) is 16.1 Å². The number of aryl methyl sites for hydroxylation is 1. The number of nitrogens with zero attached hydrogens (tertiary/aromatic N) is 4. The Hall–Kier alpha value is -2.21. The van der Waals surface area contributed by atoms with Crippen molar-refractivity contribution in [2.24, 2.45) is 5.92 Å². The van der Waals surface area contributed by atoms with Gasteiger partial charge in [-0.1, -0.05) is 30.3 Å². The summed E-state index contributed by atoms with van der Waals surface area (Å²) in [5.41, 5.74) is 1.13. The summed E-state index contributed by atoms with van der Waals surface area (Å²) in [5.74, 6) is 1.49. The van der Waals surface area contributed by atoms with E-state index in [4.69, 9.17) is 4.74 Å². The summed E-state index contributed by atoms with van der Waals surface area (Å²) in [6.45, 7) is 4.58. The molecule has 1 saturated carbocycles. The molecule has 1 aliphatic carbocycles. The lowest BCUT2D eigenvalue weighted by Crippen LogP contribution is -2.45. The summed E-state index contributed by atoms with van der Waals surface area (Å²) >= 11 is 0. The number of benzene rings is 1. The summed E-state index contributed by atoms with van der Waals surface area (Å²) in [6, 6.07) is 10.2. The Labute approximate surface area is 147 Å². The van der Waals surface area contributed by atoms with Crippen LogP contribution in [0.25, 0.3) is 0 Å². The highest BCUT2D eigenvalue weighted by atomic mass is 16.5. The van der Waals surface area contributed by atoms with E-state index < -0.39 is 0 Å². The molecule has 0 spiro atoms. The van der Waals surface area contributed by atoms with Gasteiger partial charge >= 0.3 is 0 Å². The predicted octanol–water partition coefficient (Wildman–Crippen LogP) is 2.39. The highest BCUT2D eigenvalue weighted by Gasteiger charge is 2.40. The number of carbonyl (C=O) groups is 1. The molecule has 2 atom stereocenters. The molecule has 1 aromatic heterocycles. The third-order valence-corrected chi connectivity index (χ3v) is 5.17. The van der Waals surface area contributed by atoms with E-state index in [0.29, 0.717) is 25.6 Å². The Morgan fingerprint density at radius 2 is 2.12 bits per heavy atom. The molecule has 0 radical (unpaired) electrons. The zero-order valence-corrected chi connectivity index (χ0v) is 14.5. The predicted molar refractivity (Wildman–Crippen MR) is 92.9 cm³/mol. The minimum atomic E-state index is -0.198. The summed E-state index contributed by atoms with van der Waals surface area (Å²) in [6.07, 6.45) is 3.80. The summed E-state index contributed by atoms with van der Waals surface area (Å²) < 4.78 is 7.87. The van der Waals surface area contributed by atoms with Gasteiger partial charge < -0.3 is 14.2 Å². The van der Waals surface area contributed by atoms with Gasteiger partial charge in [-0.2, -0.15) is 0 Å². The van der Waals surface area contributed by atoms with E-state index in [9.17, 15) is 4.79 Å². The third-order valence-electron chi connectivity index (χ3n) is 5.17. The van der Waals surface area contributed by atoms with Crippen molar-refractivity contribution in [2.45, 2.75) is 38.3 Å². The molecule has 25 heavy (non-hydrogen) atoms. The molecule has 0 bridgehead atoms. The number of aromatic nitrogens is 3. The summed E-state index contributed by atoms with van der Waals surface area (Å²) in [5, 5.41) is 8.19. The number of hydrogen-bond donors (Lipinski definition) is 0. The molecule has 2 aliphatic rings. The average molecular weight is 340 g/mol. The van der Waals surface area contributed by atoms with Gasteiger partial charge in [0, 0.05) is 13.1 Å². The minimum absolute atomic E-state index is 0.0241. The lowest BCUT2D eigenvalue weighted by Gasteiger charge is -2.35. The Kier molecular flexibility index (Phi) is 4.53. The second-order valence-electron chi connectivity index (χ2n) is 6.84. The molecule has 6 nitrogen and oxygen atoms in total. The van der Waals surface area contributed by atoms with E-state index in [-0.39, 0.29) is 17.9 Å². The molecule has 4 rings (SSSR count). The maximum absolute atomic E-state index is 13.3. The summed E-state index contributed by atoms with van der Waals surface area (Å²) in [7, 11) is 0. The van der Waals surface area contributed by atoms with Crippen molar-refractivity contribution in [3.05, 3.63) is 48.0 Å². The van der Waals surface area contributed by atoms with Crippen LogP contribution in [0.2, 0.25) is 0 Å². The van der Waals surface area contributed by atoms with E-state index in [1.54, 1.807) is 6.33 Å². The molecule has 1 aromatic carbocycles. The van der Waals surface area contributed by atoms with Gasteiger partial charge in [0.1, 0.15) is 12.4 Å².